The summed E-state index contributed by atoms with van der Waals surface area (Å²) >= 11 is 1.32. The van der Waals surface area contributed by atoms with Crippen LogP contribution in [0.5, 0.6) is 0 Å². The molecule has 0 radical (unpaired) electrons. The predicted octanol–water partition coefficient (Wildman–Crippen LogP) is 2.92. The van der Waals surface area contributed by atoms with E-state index in [1.807, 2.05) is 22.8 Å². The van der Waals surface area contributed by atoms with Crippen LogP contribution in [0, 0.1) is 0 Å². The predicted molar refractivity (Wildman–Crippen MR) is 116 cm³/mol. The first-order chi connectivity index (χ1) is 15.6. The number of aromatic nitrogens is 4. The largest absolute Gasteiger partial charge is 0.467 e. The summed E-state index contributed by atoms with van der Waals surface area (Å²) in [5, 5.41) is 9.18. The van der Waals surface area contributed by atoms with Gasteiger partial charge in [0.2, 0.25) is 0 Å². The Kier molecular flexibility index (Phi) is 5.27. The van der Waals surface area contributed by atoms with Crippen molar-refractivity contribution in [2.75, 3.05) is 12.3 Å². The molecule has 0 aliphatic carbocycles. The van der Waals surface area contributed by atoms with Gasteiger partial charge in [0.1, 0.15) is 10.7 Å². The van der Waals surface area contributed by atoms with Gasteiger partial charge in [0, 0.05) is 30.3 Å². The average molecular weight is 468 g/mol. The second kappa shape index (κ2) is 8.24. The highest BCUT2D eigenvalue weighted by atomic mass is 32.2. The normalized spacial score (nSPS) is 14.6. The van der Waals surface area contributed by atoms with E-state index in [-0.39, 0.29) is 17.0 Å². The molecule has 0 saturated carbocycles. The van der Waals surface area contributed by atoms with E-state index in [2.05, 4.69) is 15.2 Å². The number of fused-ring (bicyclic) bond motifs is 1. The molecular weight excluding hydrogens is 450 g/mol. The lowest BCUT2D eigenvalue weighted by molar-refractivity contribution is 0.0876. The summed E-state index contributed by atoms with van der Waals surface area (Å²) in [6.07, 6.45) is 4.97. The lowest BCUT2D eigenvalue weighted by atomic mass is 10.2. The summed E-state index contributed by atoms with van der Waals surface area (Å²) in [6.45, 7) is 0.426. The fourth-order valence-electron chi connectivity index (χ4n) is 3.48. The van der Waals surface area contributed by atoms with Gasteiger partial charge in [-0.1, -0.05) is 23.9 Å². The van der Waals surface area contributed by atoms with E-state index in [0.29, 0.717) is 23.3 Å². The molecule has 0 bridgehead atoms. The zero-order chi connectivity index (χ0) is 22.1. The molecule has 4 aromatic rings. The molecule has 0 atom stereocenters. The second-order valence-electron chi connectivity index (χ2n) is 6.94. The van der Waals surface area contributed by atoms with Crippen LogP contribution in [0.1, 0.15) is 16.1 Å². The standard InChI is InChI=1S/C21H17N5O4S2/c27-20-17-7-1-2-8-18(17)32(28,29)26(20)10-12-31-21-24-23-19(15-5-3-9-22-13-15)25(21)14-16-6-4-11-30-16/h1-9,11,13H,10,12,14H2. The van der Waals surface area contributed by atoms with Crippen LogP contribution in [-0.2, 0) is 16.6 Å². The Hall–Kier alpha value is -3.44. The van der Waals surface area contributed by atoms with Crippen LogP contribution >= 0.6 is 11.8 Å². The van der Waals surface area contributed by atoms with Gasteiger partial charge in [0.25, 0.3) is 15.9 Å². The number of rotatable bonds is 7. The van der Waals surface area contributed by atoms with Gasteiger partial charge in [-0.3, -0.25) is 14.3 Å². The van der Waals surface area contributed by atoms with Gasteiger partial charge in [-0.05, 0) is 36.4 Å². The van der Waals surface area contributed by atoms with Crippen molar-refractivity contribution in [2.45, 2.75) is 16.6 Å². The maximum Gasteiger partial charge on any atom is 0.269 e. The van der Waals surface area contributed by atoms with Crippen LogP contribution in [0.3, 0.4) is 0 Å². The van der Waals surface area contributed by atoms with Crippen LogP contribution in [0.25, 0.3) is 11.4 Å². The molecule has 0 fully saturated rings. The lowest BCUT2D eigenvalue weighted by Crippen LogP contribution is -2.32. The fraction of sp³-hybridized carbons (Fsp3) is 0.143. The molecule has 11 heteroatoms. The van der Waals surface area contributed by atoms with E-state index in [1.165, 1.54) is 23.9 Å². The first kappa shape index (κ1) is 20.5. The quantitative estimate of drug-likeness (QED) is 0.382. The Morgan fingerprint density at radius 1 is 1.03 bits per heavy atom. The van der Waals surface area contributed by atoms with Crippen molar-refractivity contribution in [3.63, 3.8) is 0 Å². The maximum atomic E-state index is 12.7. The zero-order valence-corrected chi connectivity index (χ0v) is 18.3. The molecule has 32 heavy (non-hydrogen) atoms. The van der Waals surface area contributed by atoms with Gasteiger partial charge in [-0.2, -0.15) is 0 Å². The molecule has 1 aromatic carbocycles. The molecule has 162 valence electrons. The third-order valence-corrected chi connectivity index (χ3v) is 7.76. The third-order valence-electron chi connectivity index (χ3n) is 4.97. The van der Waals surface area contributed by atoms with Crippen molar-refractivity contribution in [1.29, 1.82) is 0 Å². The molecule has 1 aliphatic rings. The first-order valence-corrected chi connectivity index (χ1v) is 12.1. The summed E-state index contributed by atoms with van der Waals surface area (Å²) in [5.74, 6) is 1.16. The molecule has 0 N–H and O–H groups in total. The minimum absolute atomic E-state index is 0.0242. The van der Waals surface area contributed by atoms with E-state index in [1.54, 1.807) is 36.9 Å². The molecule has 5 rings (SSSR count). The number of furan rings is 1. The Bertz CT molecular complexity index is 1370. The van der Waals surface area contributed by atoms with Crippen molar-refractivity contribution in [3.05, 3.63) is 78.5 Å². The van der Waals surface area contributed by atoms with Crippen LogP contribution in [0.4, 0.5) is 0 Å². The van der Waals surface area contributed by atoms with Gasteiger partial charge in [-0.25, -0.2) is 12.7 Å². The van der Waals surface area contributed by atoms with Crippen LogP contribution in [0.2, 0.25) is 0 Å². The number of amides is 1. The number of carbonyl (C=O) groups is 1. The number of pyridine rings is 1. The van der Waals surface area contributed by atoms with Gasteiger partial charge >= 0.3 is 0 Å². The van der Waals surface area contributed by atoms with E-state index in [4.69, 9.17) is 4.42 Å². The highest BCUT2D eigenvalue weighted by Crippen LogP contribution is 2.31. The van der Waals surface area contributed by atoms with Crippen molar-refractivity contribution in [2.24, 2.45) is 0 Å². The smallest absolute Gasteiger partial charge is 0.269 e. The summed E-state index contributed by atoms with van der Waals surface area (Å²) < 4.78 is 33.8. The first-order valence-electron chi connectivity index (χ1n) is 9.70. The number of nitrogens with zero attached hydrogens (tertiary/aromatic N) is 5. The summed E-state index contributed by atoms with van der Waals surface area (Å²) in [6, 6.07) is 13.6. The molecule has 9 nitrogen and oxygen atoms in total. The zero-order valence-electron chi connectivity index (χ0n) is 16.7. The summed E-state index contributed by atoms with van der Waals surface area (Å²) in [5.41, 5.74) is 1.00. The SMILES string of the molecule is O=C1c2ccccc2S(=O)(=O)N1CCSc1nnc(-c2cccnc2)n1Cc1ccco1. The number of benzene rings is 1. The summed E-state index contributed by atoms with van der Waals surface area (Å²) in [7, 11) is -3.83. The van der Waals surface area contributed by atoms with Crippen LogP contribution < -0.4 is 0 Å². The number of hydrogen-bond donors (Lipinski definition) is 0. The van der Waals surface area contributed by atoms with E-state index >= 15 is 0 Å². The van der Waals surface area contributed by atoms with Gasteiger partial charge < -0.3 is 4.42 Å². The van der Waals surface area contributed by atoms with Crippen molar-refractivity contribution < 1.29 is 17.6 Å². The number of carbonyl (C=O) groups excluding carboxylic acids is 1. The van der Waals surface area contributed by atoms with Gasteiger partial charge in [0.05, 0.1) is 18.4 Å². The van der Waals surface area contributed by atoms with E-state index < -0.39 is 15.9 Å². The molecule has 1 aliphatic heterocycles. The molecule has 1 amide bonds. The highest BCUT2D eigenvalue weighted by molar-refractivity contribution is 7.99. The Morgan fingerprint density at radius 3 is 2.66 bits per heavy atom. The minimum atomic E-state index is -3.83. The fourth-order valence-corrected chi connectivity index (χ4v) is 6.02. The van der Waals surface area contributed by atoms with E-state index in [0.717, 1.165) is 15.6 Å². The lowest BCUT2D eigenvalue weighted by Gasteiger charge is -2.14. The Balaban J connectivity index is 1.37. The van der Waals surface area contributed by atoms with Crippen LogP contribution in [0.15, 0.2) is 81.7 Å². The molecule has 0 spiro atoms. The molecular formula is C21H17N5O4S2. The number of sulfonamides is 1. The van der Waals surface area contributed by atoms with Gasteiger partial charge in [0.15, 0.2) is 11.0 Å². The van der Waals surface area contributed by atoms with E-state index in [9.17, 15) is 13.2 Å². The molecule has 0 saturated heterocycles. The molecule has 0 unspecified atom stereocenters. The van der Waals surface area contributed by atoms with Crippen molar-refractivity contribution in [3.8, 4) is 11.4 Å². The minimum Gasteiger partial charge on any atom is -0.467 e. The second-order valence-corrected chi connectivity index (χ2v) is 9.83. The number of thioether (sulfide) groups is 1. The van der Waals surface area contributed by atoms with Crippen molar-refractivity contribution in [1.82, 2.24) is 24.1 Å². The maximum absolute atomic E-state index is 12.7. The monoisotopic (exact) mass is 467 g/mol. The molecule has 3 aromatic heterocycles. The van der Waals surface area contributed by atoms with Crippen molar-refractivity contribution >= 4 is 27.7 Å². The molecule has 4 heterocycles. The topological polar surface area (TPSA) is 111 Å². The Labute approximate surface area is 188 Å². The Morgan fingerprint density at radius 2 is 1.91 bits per heavy atom. The third kappa shape index (κ3) is 3.59. The highest BCUT2D eigenvalue weighted by Gasteiger charge is 2.40. The van der Waals surface area contributed by atoms with Gasteiger partial charge in [-0.15, -0.1) is 10.2 Å². The number of hydrogen-bond acceptors (Lipinski definition) is 8. The average Bonchev–Trinajstić information content (AvgIpc) is 3.51. The summed E-state index contributed by atoms with van der Waals surface area (Å²) in [4.78, 5) is 16.8. The van der Waals surface area contributed by atoms with Crippen LogP contribution in [-0.4, -0.2) is 50.7 Å².